The van der Waals surface area contributed by atoms with Gasteiger partial charge in [0, 0.05) is 18.8 Å². The first kappa shape index (κ1) is 18.9. The summed E-state index contributed by atoms with van der Waals surface area (Å²) in [6, 6.07) is 17.7. The quantitative estimate of drug-likeness (QED) is 0.750. The van der Waals surface area contributed by atoms with Crippen molar-refractivity contribution in [2.75, 3.05) is 31.2 Å². The summed E-state index contributed by atoms with van der Waals surface area (Å²) in [7, 11) is 0. The van der Waals surface area contributed by atoms with E-state index in [4.69, 9.17) is 10.2 Å². The second-order valence-corrected chi connectivity index (χ2v) is 7.35. The van der Waals surface area contributed by atoms with Crippen molar-refractivity contribution < 1.29 is 10.2 Å². The molecule has 1 fully saturated rings. The predicted molar refractivity (Wildman–Crippen MR) is 108 cm³/mol. The van der Waals surface area contributed by atoms with Gasteiger partial charge < -0.3 is 15.1 Å². The molecule has 0 radical (unpaired) electrons. The van der Waals surface area contributed by atoms with Gasteiger partial charge in [-0.2, -0.15) is 0 Å². The van der Waals surface area contributed by atoms with Crippen molar-refractivity contribution in [3.63, 3.8) is 0 Å². The molecule has 3 nitrogen and oxygen atoms in total. The van der Waals surface area contributed by atoms with E-state index in [2.05, 4.69) is 48.5 Å². The Kier molecular flexibility index (Phi) is 7.10. The monoisotopic (exact) mass is 353 g/mol. The van der Waals surface area contributed by atoms with E-state index in [1.165, 1.54) is 48.8 Å². The summed E-state index contributed by atoms with van der Waals surface area (Å²) >= 11 is 0. The molecule has 1 aliphatic rings. The lowest BCUT2D eigenvalue weighted by Gasteiger charge is -2.23. The Hall–Kier alpha value is -1.84. The van der Waals surface area contributed by atoms with Gasteiger partial charge in [-0.25, -0.2) is 0 Å². The second kappa shape index (κ2) is 9.75. The topological polar surface area (TPSA) is 43.7 Å². The Labute approximate surface area is 157 Å². The Morgan fingerprint density at radius 2 is 1.27 bits per heavy atom. The van der Waals surface area contributed by atoms with E-state index in [-0.39, 0.29) is 13.2 Å². The summed E-state index contributed by atoms with van der Waals surface area (Å²) < 4.78 is 0. The zero-order valence-corrected chi connectivity index (χ0v) is 15.6. The molecule has 2 aromatic carbocycles. The van der Waals surface area contributed by atoms with E-state index < -0.39 is 0 Å². The summed E-state index contributed by atoms with van der Waals surface area (Å²) in [6.07, 6.45) is 7.78. The number of benzene rings is 2. The average molecular weight is 354 g/mol. The van der Waals surface area contributed by atoms with Crippen LogP contribution in [0, 0.1) is 0 Å². The fourth-order valence-electron chi connectivity index (χ4n) is 4.02. The molecule has 0 saturated heterocycles. The van der Waals surface area contributed by atoms with Gasteiger partial charge in [0.15, 0.2) is 0 Å². The molecule has 1 saturated carbocycles. The fraction of sp³-hybridized carbons (Fsp3) is 0.478. The Morgan fingerprint density at radius 1 is 0.731 bits per heavy atom. The van der Waals surface area contributed by atoms with E-state index in [1.54, 1.807) is 0 Å². The van der Waals surface area contributed by atoms with Crippen LogP contribution in [0.1, 0.15) is 54.7 Å². The number of nitrogens with zero attached hydrogens (tertiary/aromatic N) is 1. The van der Waals surface area contributed by atoms with Gasteiger partial charge in [-0.15, -0.1) is 0 Å². The van der Waals surface area contributed by atoms with E-state index >= 15 is 0 Å². The highest BCUT2D eigenvalue weighted by molar-refractivity contribution is 5.48. The van der Waals surface area contributed by atoms with Gasteiger partial charge in [0.25, 0.3) is 0 Å². The highest BCUT2D eigenvalue weighted by Gasteiger charge is 2.15. The van der Waals surface area contributed by atoms with Crippen LogP contribution < -0.4 is 4.90 Å². The van der Waals surface area contributed by atoms with Crippen LogP contribution in [-0.4, -0.2) is 36.5 Å². The zero-order chi connectivity index (χ0) is 18.2. The van der Waals surface area contributed by atoms with Gasteiger partial charge in [-0.3, -0.25) is 0 Å². The Morgan fingerprint density at radius 3 is 1.81 bits per heavy atom. The van der Waals surface area contributed by atoms with Crippen molar-refractivity contribution in [2.45, 2.75) is 44.4 Å². The third-order valence-corrected chi connectivity index (χ3v) is 5.51. The van der Waals surface area contributed by atoms with Crippen LogP contribution in [0.3, 0.4) is 0 Å². The first-order valence-electron chi connectivity index (χ1n) is 9.94. The number of anilines is 1. The molecule has 0 heterocycles. The molecule has 0 spiro atoms. The minimum Gasteiger partial charge on any atom is -0.395 e. The van der Waals surface area contributed by atoms with Gasteiger partial charge in [0.1, 0.15) is 0 Å². The normalized spacial score (nSPS) is 15.2. The number of aliphatic hydroxyl groups excluding tert-OH is 2. The van der Waals surface area contributed by atoms with Crippen LogP contribution in [0.5, 0.6) is 0 Å². The maximum Gasteiger partial charge on any atom is 0.0606 e. The molecule has 0 atom stereocenters. The SMILES string of the molecule is OCCN(CCO)c1ccc(Cc2ccc(C3CCCCC3)cc2)cc1. The van der Waals surface area contributed by atoms with Crippen LogP contribution in [-0.2, 0) is 6.42 Å². The first-order chi connectivity index (χ1) is 12.8. The summed E-state index contributed by atoms with van der Waals surface area (Å²) in [6.45, 7) is 1.27. The number of rotatable bonds is 8. The van der Waals surface area contributed by atoms with Gasteiger partial charge in [0.2, 0.25) is 0 Å². The van der Waals surface area contributed by atoms with Gasteiger partial charge >= 0.3 is 0 Å². The van der Waals surface area contributed by atoms with Crippen molar-refractivity contribution >= 4 is 5.69 Å². The maximum absolute atomic E-state index is 9.17. The van der Waals surface area contributed by atoms with Crippen LogP contribution in [0.25, 0.3) is 0 Å². The molecule has 1 aliphatic carbocycles. The van der Waals surface area contributed by atoms with Crippen LogP contribution >= 0.6 is 0 Å². The molecular formula is C23H31NO2. The predicted octanol–water partition coefficient (Wildman–Crippen LogP) is 4.12. The van der Waals surface area contributed by atoms with Crippen molar-refractivity contribution in [3.8, 4) is 0 Å². The molecule has 26 heavy (non-hydrogen) atoms. The summed E-state index contributed by atoms with van der Waals surface area (Å²) in [5, 5.41) is 18.3. The number of hydrogen-bond acceptors (Lipinski definition) is 3. The summed E-state index contributed by atoms with van der Waals surface area (Å²) in [4.78, 5) is 2.00. The molecule has 140 valence electrons. The molecule has 0 aromatic heterocycles. The van der Waals surface area contributed by atoms with Crippen molar-refractivity contribution in [3.05, 3.63) is 65.2 Å². The smallest absolute Gasteiger partial charge is 0.0606 e. The Balaban J connectivity index is 1.61. The number of aliphatic hydroxyl groups is 2. The largest absolute Gasteiger partial charge is 0.395 e. The molecule has 0 unspecified atom stereocenters. The van der Waals surface area contributed by atoms with Crippen molar-refractivity contribution in [2.24, 2.45) is 0 Å². The Bertz CT molecular complexity index is 639. The lowest BCUT2D eigenvalue weighted by atomic mass is 9.84. The molecule has 2 aromatic rings. The van der Waals surface area contributed by atoms with Crippen molar-refractivity contribution in [1.29, 1.82) is 0 Å². The van der Waals surface area contributed by atoms with Crippen LogP contribution in [0.15, 0.2) is 48.5 Å². The third kappa shape index (κ3) is 5.09. The molecule has 2 N–H and O–H groups in total. The van der Waals surface area contributed by atoms with Crippen LogP contribution in [0.2, 0.25) is 0 Å². The second-order valence-electron chi connectivity index (χ2n) is 7.35. The van der Waals surface area contributed by atoms with E-state index in [1.807, 2.05) is 4.90 Å². The fourth-order valence-corrected chi connectivity index (χ4v) is 4.02. The summed E-state index contributed by atoms with van der Waals surface area (Å²) in [5.74, 6) is 0.765. The highest BCUT2D eigenvalue weighted by Crippen LogP contribution is 2.32. The standard InChI is InChI=1S/C23H31NO2/c25-16-14-24(15-17-26)23-12-8-20(9-13-23)18-19-6-10-22(11-7-19)21-4-2-1-3-5-21/h6-13,21,25-26H,1-5,14-18H2. The zero-order valence-electron chi connectivity index (χ0n) is 15.6. The molecule has 3 rings (SSSR count). The minimum atomic E-state index is 0.0924. The lowest BCUT2D eigenvalue weighted by molar-refractivity contribution is 0.281. The van der Waals surface area contributed by atoms with E-state index in [0.717, 1.165) is 18.0 Å². The minimum absolute atomic E-state index is 0.0924. The molecule has 0 bridgehead atoms. The van der Waals surface area contributed by atoms with E-state index in [9.17, 15) is 0 Å². The molecule has 0 aliphatic heterocycles. The molecule has 3 heteroatoms. The van der Waals surface area contributed by atoms with E-state index in [0.29, 0.717) is 13.1 Å². The number of hydrogen-bond donors (Lipinski definition) is 2. The third-order valence-electron chi connectivity index (χ3n) is 5.51. The summed E-state index contributed by atoms with van der Waals surface area (Å²) in [5.41, 5.74) is 5.18. The highest BCUT2D eigenvalue weighted by atomic mass is 16.3. The van der Waals surface area contributed by atoms with Gasteiger partial charge in [-0.1, -0.05) is 55.7 Å². The molecule has 0 amide bonds. The first-order valence-corrected chi connectivity index (χ1v) is 9.94. The van der Waals surface area contributed by atoms with Gasteiger partial charge in [-0.05, 0) is 54.0 Å². The van der Waals surface area contributed by atoms with Gasteiger partial charge in [0.05, 0.1) is 13.2 Å². The van der Waals surface area contributed by atoms with Crippen LogP contribution in [0.4, 0.5) is 5.69 Å². The van der Waals surface area contributed by atoms with Crippen molar-refractivity contribution in [1.82, 2.24) is 0 Å². The maximum atomic E-state index is 9.17. The average Bonchev–Trinajstić information content (AvgIpc) is 2.70. The lowest BCUT2D eigenvalue weighted by Crippen LogP contribution is -2.29. The molecular weight excluding hydrogens is 322 g/mol.